The Morgan fingerprint density at radius 3 is 2.79 bits per heavy atom. The van der Waals surface area contributed by atoms with E-state index in [2.05, 4.69) is 5.32 Å². The number of nitrogens with two attached hydrogens (primary N) is 1. The minimum absolute atomic E-state index is 0.0262. The number of anilines is 1. The molecule has 0 bridgehead atoms. The Labute approximate surface area is 108 Å². The first-order chi connectivity index (χ1) is 8.97. The van der Waals surface area contributed by atoms with Crippen LogP contribution in [0.4, 0.5) is 15.8 Å². The Morgan fingerprint density at radius 2 is 2.21 bits per heavy atom. The molecule has 1 amide bonds. The zero-order valence-electron chi connectivity index (χ0n) is 10.1. The van der Waals surface area contributed by atoms with Gasteiger partial charge in [0.15, 0.2) is 0 Å². The van der Waals surface area contributed by atoms with Gasteiger partial charge in [-0.15, -0.1) is 0 Å². The third-order valence-corrected chi connectivity index (χ3v) is 3.25. The van der Waals surface area contributed by atoms with Gasteiger partial charge in [-0.2, -0.15) is 4.39 Å². The molecule has 2 atom stereocenters. The van der Waals surface area contributed by atoms with Crippen LogP contribution in [0, 0.1) is 21.8 Å². The summed E-state index contributed by atoms with van der Waals surface area (Å²) < 4.78 is 13.1. The van der Waals surface area contributed by atoms with E-state index < -0.39 is 16.4 Å². The molecule has 0 aromatic heterocycles. The Hall–Kier alpha value is -2.02. The average molecular weight is 267 g/mol. The number of nitrogens with one attached hydrogen (secondary N) is 1. The maximum Gasteiger partial charge on any atom is 0.306 e. The molecule has 6 nitrogen and oxygen atoms in total. The van der Waals surface area contributed by atoms with Gasteiger partial charge in [0.25, 0.3) is 0 Å². The molecule has 1 fully saturated rings. The molecule has 3 N–H and O–H groups in total. The van der Waals surface area contributed by atoms with Crippen molar-refractivity contribution in [3.63, 3.8) is 0 Å². The van der Waals surface area contributed by atoms with Crippen molar-refractivity contribution in [3.05, 3.63) is 34.1 Å². The normalized spacial score (nSPS) is 22.2. The smallest absolute Gasteiger partial charge is 0.306 e. The molecule has 0 aliphatic heterocycles. The number of hydrogen-bond donors (Lipinski definition) is 2. The maximum absolute atomic E-state index is 13.1. The fourth-order valence-corrected chi connectivity index (χ4v) is 2.23. The first-order valence-corrected chi connectivity index (χ1v) is 5.97. The van der Waals surface area contributed by atoms with E-state index >= 15 is 0 Å². The summed E-state index contributed by atoms with van der Waals surface area (Å²) >= 11 is 0. The van der Waals surface area contributed by atoms with Crippen LogP contribution in [0.5, 0.6) is 0 Å². The number of nitrogens with zero attached hydrogens (tertiary/aromatic N) is 1. The van der Waals surface area contributed by atoms with Crippen LogP contribution in [-0.4, -0.2) is 16.9 Å². The third kappa shape index (κ3) is 3.05. The van der Waals surface area contributed by atoms with Crippen LogP contribution in [0.1, 0.15) is 19.3 Å². The van der Waals surface area contributed by atoms with Crippen LogP contribution in [-0.2, 0) is 4.79 Å². The molecule has 2 rings (SSSR count). The number of nitro benzene ring substituents is 1. The molecule has 1 aliphatic rings. The fraction of sp³-hybridized carbons (Fsp3) is 0.417. The molecule has 1 aromatic rings. The van der Waals surface area contributed by atoms with Crippen molar-refractivity contribution in [1.29, 1.82) is 0 Å². The van der Waals surface area contributed by atoms with Gasteiger partial charge in [-0.1, -0.05) is 0 Å². The Balaban J connectivity index is 2.09. The lowest BCUT2D eigenvalue weighted by Gasteiger charge is -2.10. The van der Waals surface area contributed by atoms with Crippen molar-refractivity contribution in [2.75, 3.05) is 5.32 Å². The summed E-state index contributed by atoms with van der Waals surface area (Å²) in [6.07, 6.45) is 2.10. The standard InChI is InChI=1S/C12H14FN3O3/c13-10-4-3-9(6-11(10)16(18)19)15-12(17)7-1-2-8(14)5-7/h3-4,6-8H,1-2,5,14H2,(H,15,17). The first kappa shape index (κ1) is 13.4. The van der Waals surface area contributed by atoms with Crippen LogP contribution in [0.15, 0.2) is 18.2 Å². The molecule has 1 aliphatic carbocycles. The van der Waals surface area contributed by atoms with Gasteiger partial charge in [0.1, 0.15) is 0 Å². The van der Waals surface area contributed by atoms with Gasteiger partial charge in [0.2, 0.25) is 11.7 Å². The molecule has 0 heterocycles. The van der Waals surface area contributed by atoms with Gasteiger partial charge in [0, 0.05) is 23.7 Å². The predicted octanol–water partition coefficient (Wildman–Crippen LogP) is 1.80. The zero-order chi connectivity index (χ0) is 14.0. The fourth-order valence-electron chi connectivity index (χ4n) is 2.23. The number of hydrogen-bond acceptors (Lipinski definition) is 4. The van der Waals surface area contributed by atoms with Crippen LogP contribution >= 0.6 is 0 Å². The highest BCUT2D eigenvalue weighted by molar-refractivity contribution is 5.93. The van der Waals surface area contributed by atoms with Gasteiger partial charge in [0.05, 0.1) is 4.92 Å². The van der Waals surface area contributed by atoms with Crippen molar-refractivity contribution >= 4 is 17.3 Å². The lowest BCUT2D eigenvalue weighted by Crippen LogP contribution is -2.23. The molecule has 19 heavy (non-hydrogen) atoms. The van der Waals surface area contributed by atoms with Crippen molar-refractivity contribution in [2.24, 2.45) is 11.7 Å². The maximum atomic E-state index is 13.1. The summed E-state index contributed by atoms with van der Waals surface area (Å²) in [6, 6.07) is 3.31. The summed E-state index contributed by atoms with van der Waals surface area (Å²) in [5.74, 6) is -1.33. The summed E-state index contributed by atoms with van der Waals surface area (Å²) in [6.45, 7) is 0. The number of nitro groups is 1. The minimum atomic E-state index is -0.925. The summed E-state index contributed by atoms with van der Waals surface area (Å²) in [4.78, 5) is 21.7. The summed E-state index contributed by atoms with van der Waals surface area (Å²) in [5.41, 5.74) is 5.29. The highest BCUT2D eigenvalue weighted by Crippen LogP contribution is 2.27. The zero-order valence-corrected chi connectivity index (χ0v) is 10.1. The monoisotopic (exact) mass is 267 g/mol. The minimum Gasteiger partial charge on any atom is -0.328 e. The van der Waals surface area contributed by atoms with Crippen LogP contribution < -0.4 is 11.1 Å². The second-order valence-electron chi connectivity index (χ2n) is 4.68. The molecule has 0 spiro atoms. The number of benzene rings is 1. The van der Waals surface area contributed by atoms with E-state index in [4.69, 9.17) is 5.73 Å². The quantitative estimate of drug-likeness (QED) is 0.644. The van der Waals surface area contributed by atoms with E-state index in [0.717, 1.165) is 18.6 Å². The molecule has 1 saturated carbocycles. The largest absolute Gasteiger partial charge is 0.328 e. The topological polar surface area (TPSA) is 98.3 Å². The Morgan fingerprint density at radius 1 is 1.47 bits per heavy atom. The molecule has 0 saturated heterocycles. The van der Waals surface area contributed by atoms with E-state index in [1.807, 2.05) is 0 Å². The van der Waals surface area contributed by atoms with Gasteiger partial charge in [-0.25, -0.2) is 0 Å². The van der Waals surface area contributed by atoms with Crippen LogP contribution in [0.25, 0.3) is 0 Å². The van der Waals surface area contributed by atoms with Gasteiger partial charge < -0.3 is 11.1 Å². The highest BCUT2D eigenvalue weighted by Gasteiger charge is 2.28. The third-order valence-electron chi connectivity index (χ3n) is 3.25. The van der Waals surface area contributed by atoms with E-state index in [-0.39, 0.29) is 23.6 Å². The number of carbonyl (C=O) groups excluding carboxylic acids is 1. The lowest BCUT2D eigenvalue weighted by molar-refractivity contribution is -0.387. The second kappa shape index (κ2) is 5.31. The highest BCUT2D eigenvalue weighted by atomic mass is 19.1. The van der Waals surface area contributed by atoms with Crippen molar-refractivity contribution < 1.29 is 14.1 Å². The van der Waals surface area contributed by atoms with Gasteiger partial charge in [-0.3, -0.25) is 14.9 Å². The number of amides is 1. The lowest BCUT2D eigenvalue weighted by atomic mass is 10.1. The molecule has 2 unspecified atom stereocenters. The summed E-state index contributed by atoms with van der Waals surface area (Å²) in [7, 11) is 0. The molecule has 1 aromatic carbocycles. The number of halogens is 1. The number of carbonyl (C=O) groups is 1. The Kier molecular flexibility index (Phi) is 3.75. The molecular formula is C12H14FN3O3. The predicted molar refractivity (Wildman–Crippen MR) is 67.0 cm³/mol. The van der Waals surface area contributed by atoms with E-state index in [9.17, 15) is 19.3 Å². The van der Waals surface area contributed by atoms with E-state index in [1.54, 1.807) is 0 Å². The SMILES string of the molecule is NC1CCC(C(=O)Nc2ccc(F)c([N+](=O)[O-])c2)C1. The van der Waals surface area contributed by atoms with Crippen LogP contribution in [0.3, 0.4) is 0 Å². The van der Waals surface area contributed by atoms with Crippen molar-refractivity contribution in [2.45, 2.75) is 25.3 Å². The molecule has 102 valence electrons. The molecule has 0 radical (unpaired) electrons. The van der Waals surface area contributed by atoms with Gasteiger partial charge in [-0.05, 0) is 31.4 Å². The van der Waals surface area contributed by atoms with Gasteiger partial charge >= 0.3 is 5.69 Å². The van der Waals surface area contributed by atoms with Crippen LogP contribution in [0.2, 0.25) is 0 Å². The number of rotatable bonds is 3. The first-order valence-electron chi connectivity index (χ1n) is 5.97. The second-order valence-corrected chi connectivity index (χ2v) is 4.68. The van der Waals surface area contributed by atoms with E-state index in [1.165, 1.54) is 6.07 Å². The van der Waals surface area contributed by atoms with Crippen molar-refractivity contribution in [1.82, 2.24) is 0 Å². The van der Waals surface area contributed by atoms with Crippen molar-refractivity contribution in [3.8, 4) is 0 Å². The molecule has 7 heteroatoms. The summed E-state index contributed by atoms with van der Waals surface area (Å²) in [5, 5.41) is 13.2. The Bertz CT molecular complexity index is 521. The molecular weight excluding hydrogens is 253 g/mol. The average Bonchev–Trinajstić information content (AvgIpc) is 2.78. The van der Waals surface area contributed by atoms with E-state index in [0.29, 0.717) is 12.8 Å².